The number of carbonyl (C=O) groups excluding carboxylic acids is 3. The zero-order valence-electron chi connectivity index (χ0n) is 10.1. The molecule has 0 saturated carbocycles. The van der Waals surface area contributed by atoms with Crippen LogP contribution in [-0.4, -0.2) is 51.9 Å². The number of carboxylic acids is 1. The van der Waals surface area contributed by atoms with Crippen LogP contribution in [0, 0.1) is 0 Å². The molecule has 0 radical (unpaired) electrons. The Morgan fingerprint density at radius 1 is 1.40 bits per heavy atom. The van der Waals surface area contributed by atoms with Gasteiger partial charge < -0.3 is 15.3 Å². The summed E-state index contributed by atoms with van der Waals surface area (Å²) in [4.78, 5) is 49.5. The third-order valence-electron chi connectivity index (χ3n) is 2.40. The van der Waals surface area contributed by atoms with Crippen molar-refractivity contribution in [2.75, 3.05) is 13.1 Å². The van der Waals surface area contributed by atoms with Crippen LogP contribution < -0.4 is 10.6 Å². The maximum absolute atomic E-state index is 11.7. The summed E-state index contributed by atoms with van der Waals surface area (Å²) in [5.41, 5.74) is -0.0909. The molecule has 3 N–H and O–H groups in total. The number of urea groups is 1. The monoisotopic (exact) mass is 298 g/mol. The lowest BCUT2D eigenvalue weighted by molar-refractivity contribution is -0.134. The number of aromatic nitrogens is 1. The lowest BCUT2D eigenvalue weighted by Gasteiger charge is -2.25. The van der Waals surface area contributed by atoms with Gasteiger partial charge in [0.05, 0.1) is 6.54 Å². The number of amides is 4. The summed E-state index contributed by atoms with van der Waals surface area (Å²) < 4.78 is 0. The van der Waals surface area contributed by atoms with E-state index in [0.717, 1.165) is 16.2 Å². The SMILES string of the molecule is O=C1CN(C(=O)NCc2nc(C(=O)O)cs2)CC(=O)N1. The van der Waals surface area contributed by atoms with Gasteiger partial charge in [-0.25, -0.2) is 14.6 Å². The maximum Gasteiger partial charge on any atom is 0.355 e. The molecule has 1 fully saturated rings. The van der Waals surface area contributed by atoms with Crippen LogP contribution in [-0.2, 0) is 16.1 Å². The van der Waals surface area contributed by atoms with Crippen molar-refractivity contribution in [2.45, 2.75) is 6.54 Å². The summed E-state index contributed by atoms with van der Waals surface area (Å²) in [5, 5.41) is 15.0. The van der Waals surface area contributed by atoms with E-state index in [9.17, 15) is 19.2 Å². The molecule has 2 heterocycles. The van der Waals surface area contributed by atoms with Crippen LogP contribution in [0.4, 0.5) is 4.79 Å². The van der Waals surface area contributed by atoms with E-state index in [1.807, 2.05) is 0 Å². The highest BCUT2D eigenvalue weighted by atomic mass is 32.1. The molecular weight excluding hydrogens is 288 g/mol. The van der Waals surface area contributed by atoms with Crippen LogP contribution in [0.2, 0.25) is 0 Å². The van der Waals surface area contributed by atoms with Crippen LogP contribution in [0.15, 0.2) is 5.38 Å². The van der Waals surface area contributed by atoms with Crippen molar-refractivity contribution in [1.29, 1.82) is 0 Å². The molecule has 1 aromatic rings. The number of carboxylic acid groups (broad SMARTS) is 1. The topological polar surface area (TPSA) is 129 Å². The van der Waals surface area contributed by atoms with E-state index in [0.29, 0.717) is 5.01 Å². The highest BCUT2D eigenvalue weighted by Gasteiger charge is 2.26. The first kappa shape index (κ1) is 13.9. The van der Waals surface area contributed by atoms with Crippen molar-refractivity contribution in [3.63, 3.8) is 0 Å². The average molecular weight is 298 g/mol. The van der Waals surface area contributed by atoms with E-state index in [1.165, 1.54) is 5.38 Å². The minimum Gasteiger partial charge on any atom is -0.476 e. The highest BCUT2D eigenvalue weighted by Crippen LogP contribution is 2.09. The third kappa shape index (κ3) is 3.29. The maximum atomic E-state index is 11.7. The Labute approximate surface area is 116 Å². The summed E-state index contributed by atoms with van der Waals surface area (Å²) in [5.74, 6) is -2.23. The lowest BCUT2D eigenvalue weighted by atomic mass is 10.3. The van der Waals surface area contributed by atoms with Crippen LogP contribution in [0.5, 0.6) is 0 Å². The molecule has 1 aliphatic heterocycles. The van der Waals surface area contributed by atoms with E-state index in [4.69, 9.17) is 5.11 Å². The predicted molar refractivity (Wildman–Crippen MR) is 66.0 cm³/mol. The van der Waals surface area contributed by atoms with Gasteiger partial charge in [0, 0.05) is 5.38 Å². The molecule has 0 atom stereocenters. The number of rotatable bonds is 3. The smallest absolute Gasteiger partial charge is 0.355 e. The van der Waals surface area contributed by atoms with Crippen molar-refractivity contribution in [2.24, 2.45) is 0 Å². The number of nitrogens with one attached hydrogen (secondary N) is 2. The minimum absolute atomic E-state index is 0.0308. The van der Waals surface area contributed by atoms with E-state index < -0.39 is 23.8 Å². The molecule has 0 unspecified atom stereocenters. The standard InChI is InChI=1S/C10H10N4O5S/c15-6-2-14(3-7(16)13-6)10(19)11-1-8-12-5(4-20-8)9(17)18/h4H,1-3H2,(H,11,19)(H,17,18)(H,13,15,16). The quantitative estimate of drug-likeness (QED) is 0.614. The van der Waals surface area contributed by atoms with Gasteiger partial charge in [-0.1, -0.05) is 0 Å². The molecule has 0 aliphatic carbocycles. The van der Waals surface area contributed by atoms with Crippen molar-refractivity contribution in [3.8, 4) is 0 Å². The molecule has 20 heavy (non-hydrogen) atoms. The van der Waals surface area contributed by atoms with Gasteiger partial charge in [0.15, 0.2) is 5.69 Å². The van der Waals surface area contributed by atoms with E-state index >= 15 is 0 Å². The lowest BCUT2D eigenvalue weighted by Crippen LogP contribution is -2.55. The molecule has 1 aliphatic rings. The molecule has 0 spiro atoms. The second kappa shape index (κ2) is 5.65. The van der Waals surface area contributed by atoms with Gasteiger partial charge in [-0.3, -0.25) is 14.9 Å². The van der Waals surface area contributed by atoms with Crippen LogP contribution in [0.3, 0.4) is 0 Å². The van der Waals surface area contributed by atoms with Gasteiger partial charge in [0.1, 0.15) is 18.1 Å². The molecule has 0 aromatic carbocycles. The number of nitrogens with zero attached hydrogens (tertiary/aromatic N) is 2. The molecule has 9 nitrogen and oxygen atoms in total. The van der Waals surface area contributed by atoms with Crippen LogP contribution in [0.1, 0.15) is 15.5 Å². The van der Waals surface area contributed by atoms with Crippen molar-refractivity contribution >= 4 is 35.2 Å². The highest BCUT2D eigenvalue weighted by molar-refractivity contribution is 7.09. The van der Waals surface area contributed by atoms with Crippen LogP contribution in [0.25, 0.3) is 0 Å². The van der Waals surface area contributed by atoms with E-state index in [1.54, 1.807) is 0 Å². The van der Waals surface area contributed by atoms with Gasteiger partial charge in [-0.05, 0) is 0 Å². The van der Waals surface area contributed by atoms with E-state index in [2.05, 4.69) is 15.6 Å². The van der Waals surface area contributed by atoms with Gasteiger partial charge in [0.2, 0.25) is 11.8 Å². The summed E-state index contributed by atoms with van der Waals surface area (Å²) in [7, 11) is 0. The molecule has 1 saturated heterocycles. The molecule has 106 valence electrons. The van der Waals surface area contributed by atoms with Gasteiger partial charge in [-0.15, -0.1) is 11.3 Å². The fraction of sp³-hybridized carbons (Fsp3) is 0.300. The first-order chi connectivity index (χ1) is 9.45. The number of thiazole rings is 1. The average Bonchev–Trinajstić information content (AvgIpc) is 2.83. The van der Waals surface area contributed by atoms with E-state index in [-0.39, 0.29) is 25.3 Å². The molecular formula is C10H10N4O5S. The predicted octanol–water partition coefficient (Wildman–Crippen LogP) is -0.991. The van der Waals surface area contributed by atoms with Crippen LogP contribution >= 0.6 is 11.3 Å². The van der Waals surface area contributed by atoms with Gasteiger partial charge in [0.25, 0.3) is 0 Å². The zero-order valence-corrected chi connectivity index (χ0v) is 10.9. The summed E-state index contributed by atoms with van der Waals surface area (Å²) in [6.45, 7) is -0.366. The Balaban J connectivity index is 1.89. The van der Waals surface area contributed by atoms with Crippen molar-refractivity contribution in [1.82, 2.24) is 20.5 Å². The Bertz CT molecular complexity index is 568. The molecule has 4 amide bonds. The first-order valence-corrected chi connectivity index (χ1v) is 6.37. The Hall–Kier alpha value is -2.49. The summed E-state index contributed by atoms with van der Waals surface area (Å²) in [6.07, 6.45) is 0. The minimum atomic E-state index is -1.14. The van der Waals surface area contributed by atoms with Crippen molar-refractivity contribution in [3.05, 3.63) is 16.1 Å². The molecule has 10 heteroatoms. The number of hydrogen-bond acceptors (Lipinski definition) is 6. The number of imide groups is 1. The van der Waals surface area contributed by atoms with Crippen molar-refractivity contribution < 1.29 is 24.3 Å². The molecule has 0 bridgehead atoms. The number of piperazine rings is 1. The number of hydrogen-bond donors (Lipinski definition) is 3. The Kier molecular flexibility index (Phi) is 3.94. The Morgan fingerprint density at radius 3 is 2.60 bits per heavy atom. The fourth-order valence-corrected chi connectivity index (χ4v) is 2.24. The second-order valence-corrected chi connectivity index (χ2v) is 4.86. The van der Waals surface area contributed by atoms with Gasteiger partial charge in [-0.2, -0.15) is 0 Å². The van der Waals surface area contributed by atoms with Gasteiger partial charge >= 0.3 is 12.0 Å². The first-order valence-electron chi connectivity index (χ1n) is 5.49. The largest absolute Gasteiger partial charge is 0.476 e. The zero-order chi connectivity index (χ0) is 14.7. The second-order valence-electron chi connectivity index (χ2n) is 3.92. The normalized spacial score (nSPS) is 14.9. The fourth-order valence-electron chi connectivity index (χ4n) is 1.53. The Morgan fingerprint density at radius 2 is 2.05 bits per heavy atom. The number of aromatic carboxylic acids is 1. The molecule has 1 aromatic heterocycles. The summed E-state index contributed by atoms with van der Waals surface area (Å²) >= 11 is 1.10. The third-order valence-corrected chi connectivity index (χ3v) is 3.25. The summed E-state index contributed by atoms with van der Waals surface area (Å²) in [6, 6.07) is -0.583. The number of carbonyl (C=O) groups is 4. The molecule has 2 rings (SSSR count).